The third-order valence-corrected chi connectivity index (χ3v) is 6.61. The van der Waals surface area contributed by atoms with Gasteiger partial charge in [-0.1, -0.05) is 17.7 Å². The molecule has 1 saturated heterocycles. The molecular formula is C26H22ClFN4O2S. The van der Waals surface area contributed by atoms with Gasteiger partial charge in [-0.3, -0.25) is 4.98 Å². The number of rotatable bonds is 6. The molecule has 1 aliphatic heterocycles. The Hall–Kier alpha value is -3.62. The number of halogens is 2. The van der Waals surface area contributed by atoms with E-state index in [0.717, 1.165) is 22.8 Å². The number of benzene rings is 2. The van der Waals surface area contributed by atoms with E-state index in [1.165, 1.54) is 6.07 Å². The molecule has 1 fully saturated rings. The summed E-state index contributed by atoms with van der Waals surface area (Å²) >= 11 is 12.0. The van der Waals surface area contributed by atoms with Gasteiger partial charge in [0.1, 0.15) is 23.4 Å². The summed E-state index contributed by atoms with van der Waals surface area (Å²) in [5.74, 6) is 0.843. The van der Waals surface area contributed by atoms with Crippen LogP contribution in [-0.2, 0) is 0 Å². The quantitative estimate of drug-likeness (QED) is 0.329. The van der Waals surface area contributed by atoms with Crippen molar-refractivity contribution in [2.75, 3.05) is 19.1 Å². The molecule has 0 amide bonds. The molecule has 2 unspecified atom stereocenters. The third kappa shape index (κ3) is 4.19. The lowest BCUT2D eigenvalue weighted by molar-refractivity contribution is 0.402. The van der Waals surface area contributed by atoms with Crippen LogP contribution in [0.4, 0.5) is 10.1 Å². The second-order valence-electron chi connectivity index (χ2n) is 7.94. The summed E-state index contributed by atoms with van der Waals surface area (Å²) in [6.45, 7) is 0. The fourth-order valence-corrected chi connectivity index (χ4v) is 4.92. The van der Waals surface area contributed by atoms with E-state index < -0.39 is 5.82 Å². The minimum Gasteiger partial charge on any atom is -0.497 e. The van der Waals surface area contributed by atoms with E-state index in [4.69, 9.17) is 33.3 Å². The second kappa shape index (κ2) is 9.56. The number of hydrogen-bond acceptors (Lipinski definition) is 4. The predicted molar refractivity (Wildman–Crippen MR) is 138 cm³/mol. The number of methoxy groups -OCH3 is 2. The largest absolute Gasteiger partial charge is 0.497 e. The van der Waals surface area contributed by atoms with Gasteiger partial charge in [-0.05, 0) is 66.8 Å². The fourth-order valence-electron chi connectivity index (χ4n) is 4.41. The number of nitrogens with zero attached hydrogens (tertiary/aromatic N) is 3. The summed E-state index contributed by atoms with van der Waals surface area (Å²) < 4.78 is 27.1. The Morgan fingerprint density at radius 2 is 1.89 bits per heavy atom. The van der Waals surface area contributed by atoms with Crippen molar-refractivity contribution in [3.63, 3.8) is 0 Å². The monoisotopic (exact) mass is 508 g/mol. The summed E-state index contributed by atoms with van der Waals surface area (Å²) in [6.07, 6.45) is 3.67. The van der Waals surface area contributed by atoms with E-state index in [1.54, 1.807) is 32.5 Å². The SMILES string of the molecule is COc1ccc(OC)c(N2C(=S)NC(c3ccccn3)C2c2cccn2-c2ccc(F)c(Cl)c2)c1. The van der Waals surface area contributed by atoms with Gasteiger partial charge in [0.15, 0.2) is 5.11 Å². The van der Waals surface area contributed by atoms with Gasteiger partial charge in [0.2, 0.25) is 0 Å². The van der Waals surface area contributed by atoms with E-state index in [2.05, 4.69) is 10.3 Å². The molecule has 0 radical (unpaired) electrons. The lowest BCUT2D eigenvalue weighted by atomic mass is 10.0. The summed E-state index contributed by atoms with van der Waals surface area (Å²) in [5, 5.41) is 4.01. The van der Waals surface area contributed by atoms with Crippen LogP contribution in [0.15, 0.2) is 79.1 Å². The van der Waals surface area contributed by atoms with Gasteiger partial charge in [0.05, 0.1) is 36.7 Å². The summed E-state index contributed by atoms with van der Waals surface area (Å²) in [7, 11) is 3.23. The molecule has 2 aromatic heterocycles. The molecule has 35 heavy (non-hydrogen) atoms. The molecule has 178 valence electrons. The van der Waals surface area contributed by atoms with Crippen molar-refractivity contribution in [2.45, 2.75) is 12.1 Å². The van der Waals surface area contributed by atoms with Crippen LogP contribution >= 0.6 is 23.8 Å². The van der Waals surface area contributed by atoms with Crippen molar-refractivity contribution in [3.05, 3.63) is 101 Å². The molecule has 6 nitrogen and oxygen atoms in total. The summed E-state index contributed by atoms with van der Waals surface area (Å²) in [6, 6.07) is 19.4. The number of thiocarbonyl (C=S) groups is 1. The zero-order valence-electron chi connectivity index (χ0n) is 19.0. The van der Waals surface area contributed by atoms with E-state index in [1.807, 2.05) is 64.2 Å². The third-order valence-electron chi connectivity index (χ3n) is 6.01. The van der Waals surface area contributed by atoms with E-state index in [-0.39, 0.29) is 17.1 Å². The maximum absolute atomic E-state index is 13.9. The van der Waals surface area contributed by atoms with Crippen LogP contribution in [0.25, 0.3) is 5.69 Å². The van der Waals surface area contributed by atoms with Gasteiger partial charge in [0, 0.05) is 29.8 Å². The van der Waals surface area contributed by atoms with Crippen molar-refractivity contribution < 1.29 is 13.9 Å². The highest BCUT2D eigenvalue weighted by Gasteiger charge is 2.43. The van der Waals surface area contributed by atoms with E-state index in [0.29, 0.717) is 16.6 Å². The minimum absolute atomic E-state index is 0.0508. The predicted octanol–water partition coefficient (Wildman–Crippen LogP) is 5.86. The maximum atomic E-state index is 13.9. The summed E-state index contributed by atoms with van der Waals surface area (Å²) in [5.41, 5.74) is 3.21. The average molecular weight is 509 g/mol. The highest BCUT2D eigenvalue weighted by molar-refractivity contribution is 7.80. The molecule has 3 heterocycles. The first kappa shape index (κ1) is 23.1. The number of anilines is 1. The molecular weight excluding hydrogens is 487 g/mol. The van der Waals surface area contributed by atoms with Crippen LogP contribution in [0.1, 0.15) is 23.5 Å². The lowest BCUT2D eigenvalue weighted by Gasteiger charge is -2.30. The Kier molecular flexibility index (Phi) is 6.32. The topological polar surface area (TPSA) is 51.6 Å². The smallest absolute Gasteiger partial charge is 0.174 e. The molecule has 0 saturated carbocycles. The Morgan fingerprint density at radius 3 is 2.60 bits per heavy atom. The summed E-state index contributed by atoms with van der Waals surface area (Å²) in [4.78, 5) is 6.61. The van der Waals surface area contributed by atoms with Crippen LogP contribution in [0.2, 0.25) is 5.02 Å². The van der Waals surface area contributed by atoms with Crippen LogP contribution in [0, 0.1) is 5.82 Å². The molecule has 2 aromatic carbocycles. The van der Waals surface area contributed by atoms with Crippen molar-refractivity contribution in [2.24, 2.45) is 0 Å². The van der Waals surface area contributed by atoms with Gasteiger partial charge in [-0.25, -0.2) is 4.39 Å². The lowest BCUT2D eigenvalue weighted by Crippen LogP contribution is -2.30. The van der Waals surface area contributed by atoms with Crippen LogP contribution in [0.3, 0.4) is 0 Å². The molecule has 1 N–H and O–H groups in total. The minimum atomic E-state index is -0.470. The highest BCUT2D eigenvalue weighted by Crippen LogP contribution is 2.46. The number of nitrogens with one attached hydrogen (secondary N) is 1. The van der Waals surface area contributed by atoms with Crippen molar-refractivity contribution >= 4 is 34.6 Å². The van der Waals surface area contributed by atoms with Crippen molar-refractivity contribution in [1.82, 2.24) is 14.9 Å². The molecule has 9 heteroatoms. The Morgan fingerprint density at radius 1 is 1.03 bits per heavy atom. The fraction of sp³-hybridized carbons (Fsp3) is 0.154. The average Bonchev–Trinajstić information content (AvgIpc) is 3.50. The molecule has 1 aliphatic rings. The molecule has 0 spiro atoms. The zero-order chi connectivity index (χ0) is 24.5. The van der Waals surface area contributed by atoms with Gasteiger partial charge in [-0.2, -0.15) is 0 Å². The molecule has 0 aliphatic carbocycles. The molecule has 2 atom stereocenters. The van der Waals surface area contributed by atoms with Gasteiger partial charge in [-0.15, -0.1) is 0 Å². The normalized spacial score (nSPS) is 17.4. The molecule has 0 bridgehead atoms. The number of hydrogen-bond donors (Lipinski definition) is 1. The molecule has 5 rings (SSSR count). The Labute approximate surface area is 212 Å². The maximum Gasteiger partial charge on any atom is 0.174 e. The number of pyridine rings is 1. The Bertz CT molecular complexity index is 1380. The van der Waals surface area contributed by atoms with Gasteiger partial charge < -0.3 is 24.3 Å². The van der Waals surface area contributed by atoms with Gasteiger partial charge in [0.25, 0.3) is 0 Å². The first-order valence-electron chi connectivity index (χ1n) is 10.9. The van der Waals surface area contributed by atoms with Crippen LogP contribution in [0.5, 0.6) is 11.5 Å². The highest BCUT2D eigenvalue weighted by atomic mass is 35.5. The first-order valence-corrected chi connectivity index (χ1v) is 11.7. The number of aromatic nitrogens is 2. The second-order valence-corrected chi connectivity index (χ2v) is 8.73. The standard InChI is InChI=1S/C26H22ClFN4O2S/c1-33-17-9-11-23(34-2)22(15-17)32-25(24(30-26(32)35)20-6-3-4-12-29-20)21-7-5-13-31(21)16-8-10-19(28)18(27)14-16/h3-15,24-25H,1-2H3,(H,30,35). The van der Waals surface area contributed by atoms with Crippen LogP contribution < -0.4 is 19.7 Å². The first-order chi connectivity index (χ1) is 17.0. The zero-order valence-corrected chi connectivity index (χ0v) is 20.6. The molecule has 4 aromatic rings. The van der Waals surface area contributed by atoms with E-state index in [9.17, 15) is 4.39 Å². The number of ether oxygens (including phenoxy) is 2. The van der Waals surface area contributed by atoms with E-state index >= 15 is 0 Å². The van der Waals surface area contributed by atoms with Crippen molar-refractivity contribution in [3.8, 4) is 17.2 Å². The van der Waals surface area contributed by atoms with Gasteiger partial charge >= 0.3 is 0 Å². The Balaban J connectivity index is 1.71. The van der Waals surface area contributed by atoms with Crippen LogP contribution in [-0.4, -0.2) is 28.9 Å². The van der Waals surface area contributed by atoms with Crippen molar-refractivity contribution in [1.29, 1.82) is 0 Å².